The second-order valence-electron chi connectivity index (χ2n) is 7.55. The minimum atomic E-state index is -4.36. The van der Waals surface area contributed by atoms with Crippen molar-refractivity contribution < 1.29 is 17.9 Å². The highest BCUT2D eigenvalue weighted by Crippen LogP contribution is 2.38. The molecule has 0 saturated carbocycles. The fourth-order valence-electron chi connectivity index (χ4n) is 2.99. The number of aliphatic imine (C=N–C) groups is 1. The fourth-order valence-corrected chi connectivity index (χ4v) is 2.99. The molecular weight excluding hydrogens is 331 g/mol. The Labute approximate surface area is 146 Å². The summed E-state index contributed by atoms with van der Waals surface area (Å²) in [5.74, 6) is 0.297. The van der Waals surface area contributed by atoms with Gasteiger partial charge in [0.15, 0.2) is 5.96 Å². The fraction of sp³-hybridized carbons (Fsp3) is 0.611. The molecule has 0 aliphatic carbocycles. The van der Waals surface area contributed by atoms with Crippen LogP contribution in [-0.4, -0.2) is 31.3 Å². The zero-order valence-electron chi connectivity index (χ0n) is 14.9. The number of benzene rings is 1. The van der Waals surface area contributed by atoms with Gasteiger partial charge >= 0.3 is 6.18 Å². The summed E-state index contributed by atoms with van der Waals surface area (Å²) in [4.78, 5) is 4.42. The lowest BCUT2D eigenvalue weighted by Crippen LogP contribution is -2.46. The molecule has 3 N–H and O–H groups in total. The van der Waals surface area contributed by atoms with Crippen LogP contribution in [0.25, 0.3) is 0 Å². The molecule has 0 aromatic heterocycles. The van der Waals surface area contributed by atoms with Crippen molar-refractivity contribution in [2.75, 3.05) is 19.8 Å². The lowest BCUT2D eigenvalue weighted by Gasteiger charge is -2.37. The van der Waals surface area contributed by atoms with Gasteiger partial charge in [-0.1, -0.05) is 18.2 Å². The third kappa shape index (κ3) is 5.36. The Balaban J connectivity index is 2.31. The predicted molar refractivity (Wildman–Crippen MR) is 92.6 cm³/mol. The summed E-state index contributed by atoms with van der Waals surface area (Å²) < 4.78 is 44.6. The highest BCUT2D eigenvalue weighted by atomic mass is 19.4. The first-order valence-electron chi connectivity index (χ1n) is 8.35. The Kier molecular flexibility index (Phi) is 5.66. The average molecular weight is 357 g/mol. The van der Waals surface area contributed by atoms with Gasteiger partial charge in [0.05, 0.1) is 12.1 Å². The van der Waals surface area contributed by atoms with Crippen molar-refractivity contribution in [1.82, 2.24) is 5.32 Å². The van der Waals surface area contributed by atoms with Crippen molar-refractivity contribution in [1.29, 1.82) is 0 Å². The van der Waals surface area contributed by atoms with Crippen molar-refractivity contribution in [3.05, 3.63) is 35.4 Å². The number of nitrogens with one attached hydrogen (secondary N) is 1. The molecule has 0 atom stereocenters. The number of guanidine groups is 1. The molecule has 1 aliphatic rings. The minimum Gasteiger partial charge on any atom is -0.381 e. The maximum absolute atomic E-state index is 13.1. The molecule has 25 heavy (non-hydrogen) atoms. The van der Waals surface area contributed by atoms with Gasteiger partial charge in [0, 0.05) is 24.2 Å². The zero-order chi connectivity index (χ0) is 18.7. The monoisotopic (exact) mass is 357 g/mol. The van der Waals surface area contributed by atoms with E-state index in [9.17, 15) is 13.2 Å². The zero-order valence-corrected chi connectivity index (χ0v) is 14.9. The quantitative estimate of drug-likeness (QED) is 0.643. The molecule has 0 spiro atoms. The van der Waals surface area contributed by atoms with Crippen LogP contribution in [0, 0.1) is 0 Å². The molecule has 2 rings (SSSR count). The molecule has 1 aromatic rings. The van der Waals surface area contributed by atoms with E-state index in [1.165, 1.54) is 12.1 Å². The average Bonchev–Trinajstić information content (AvgIpc) is 2.52. The molecule has 140 valence electrons. The Hall–Kier alpha value is -1.76. The summed E-state index contributed by atoms with van der Waals surface area (Å²) in [6, 6.07) is 5.52. The summed E-state index contributed by atoms with van der Waals surface area (Å²) >= 11 is 0. The van der Waals surface area contributed by atoms with Crippen molar-refractivity contribution in [2.24, 2.45) is 10.7 Å². The molecular formula is C18H26F3N3O. The third-order valence-corrected chi connectivity index (χ3v) is 4.31. The van der Waals surface area contributed by atoms with Crippen LogP contribution in [0.2, 0.25) is 0 Å². The van der Waals surface area contributed by atoms with Gasteiger partial charge in [0.1, 0.15) is 0 Å². The molecule has 7 heteroatoms. The maximum Gasteiger partial charge on any atom is 0.416 e. The van der Waals surface area contributed by atoms with Crippen molar-refractivity contribution in [3.8, 4) is 0 Å². The second-order valence-corrected chi connectivity index (χ2v) is 7.55. The van der Waals surface area contributed by atoms with Gasteiger partial charge in [0.25, 0.3) is 0 Å². The Bertz CT molecular complexity index is 615. The standard InChI is InChI=1S/C18H26F3N3O/c1-16(2,3)24-15(22)23-12-17(7-9-25-10-8-17)13-5-4-6-14(11-13)18(19,20)21/h4-6,11H,7-10,12H2,1-3H3,(H3,22,23,24). The first-order valence-corrected chi connectivity index (χ1v) is 8.35. The van der Waals surface area contributed by atoms with Crippen molar-refractivity contribution >= 4 is 5.96 Å². The van der Waals surface area contributed by atoms with Crippen LogP contribution in [0.1, 0.15) is 44.7 Å². The normalized spacial score (nSPS) is 18.9. The number of nitrogens with two attached hydrogens (primary N) is 1. The summed E-state index contributed by atoms with van der Waals surface area (Å²) in [5, 5.41) is 3.08. The van der Waals surface area contributed by atoms with Crippen LogP contribution in [0.4, 0.5) is 13.2 Å². The van der Waals surface area contributed by atoms with Gasteiger partial charge in [-0.3, -0.25) is 4.99 Å². The SMILES string of the molecule is CC(C)(C)NC(N)=NCC1(c2cccc(C(F)(F)F)c2)CCOCC1. The van der Waals surface area contributed by atoms with Crippen LogP contribution in [0.5, 0.6) is 0 Å². The van der Waals surface area contributed by atoms with E-state index in [0.29, 0.717) is 44.1 Å². The second kappa shape index (κ2) is 7.23. The number of ether oxygens (including phenoxy) is 1. The van der Waals surface area contributed by atoms with Gasteiger partial charge in [-0.15, -0.1) is 0 Å². The van der Waals surface area contributed by atoms with Gasteiger partial charge in [0.2, 0.25) is 0 Å². The van der Waals surface area contributed by atoms with E-state index >= 15 is 0 Å². The van der Waals surface area contributed by atoms with E-state index in [-0.39, 0.29) is 5.54 Å². The molecule has 0 unspecified atom stereocenters. The number of hydrogen-bond acceptors (Lipinski definition) is 2. The lowest BCUT2D eigenvalue weighted by atomic mass is 9.74. The smallest absolute Gasteiger partial charge is 0.381 e. The summed E-state index contributed by atoms with van der Waals surface area (Å²) in [7, 11) is 0. The number of rotatable bonds is 3. The van der Waals surface area contributed by atoms with Gasteiger partial charge in [-0.2, -0.15) is 13.2 Å². The van der Waals surface area contributed by atoms with Crippen molar-refractivity contribution in [2.45, 2.75) is 50.7 Å². The van der Waals surface area contributed by atoms with E-state index in [2.05, 4.69) is 10.3 Å². The number of hydrogen-bond donors (Lipinski definition) is 2. The van der Waals surface area contributed by atoms with E-state index in [1.807, 2.05) is 20.8 Å². The molecule has 0 radical (unpaired) electrons. The molecule has 0 bridgehead atoms. The van der Waals surface area contributed by atoms with Gasteiger partial charge in [-0.05, 0) is 45.2 Å². The van der Waals surface area contributed by atoms with Crippen LogP contribution in [-0.2, 0) is 16.3 Å². The topological polar surface area (TPSA) is 59.6 Å². The molecule has 1 aliphatic heterocycles. The van der Waals surface area contributed by atoms with Gasteiger partial charge < -0.3 is 15.8 Å². The minimum absolute atomic E-state index is 0.230. The van der Waals surface area contributed by atoms with Gasteiger partial charge in [-0.25, -0.2) is 0 Å². The van der Waals surface area contributed by atoms with E-state index in [1.54, 1.807) is 6.07 Å². The first-order chi connectivity index (χ1) is 11.5. The largest absolute Gasteiger partial charge is 0.416 e. The molecule has 0 amide bonds. The van der Waals surface area contributed by atoms with E-state index in [4.69, 9.17) is 10.5 Å². The summed E-state index contributed by atoms with van der Waals surface area (Å²) in [6.07, 6.45) is -3.14. The maximum atomic E-state index is 13.1. The van der Waals surface area contributed by atoms with E-state index in [0.717, 1.165) is 6.07 Å². The van der Waals surface area contributed by atoms with Crippen LogP contribution in [0.3, 0.4) is 0 Å². The number of halogens is 3. The lowest BCUT2D eigenvalue weighted by molar-refractivity contribution is -0.137. The predicted octanol–water partition coefficient (Wildman–Crippen LogP) is 3.46. The number of alkyl halides is 3. The summed E-state index contributed by atoms with van der Waals surface area (Å²) in [6.45, 7) is 7.22. The molecule has 1 aromatic carbocycles. The highest BCUT2D eigenvalue weighted by Gasteiger charge is 2.37. The molecule has 1 saturated heterocycles. The summed E-state index contributed by atoms with van der Waals surface area (Å²) in [5.41, 5.74) is 5.21. The first kappa shape index (κ1) is 19.6. The molecule has 1 fully saturated rings. The van der Waals surface area contributed by atoms with Crippen LogP contribution in [0.15, 0.2) is 29.3 Å². The molecule has 1 heterocycles. The third-order valence-electron chi connectivity index (χ3n) is 4.31. The Morgan fingerprint density at radius 1 is 1.24 bits per heavy atom. The van der Waals surface area contributed by atoms with Crippen LogP contribution < -0.4 is 11.1 Å². The van der Waals surface area contributed by atoms with Crippen LogP contribution >= 0.6 is 0 Å². The van der Waals surface area contributed by atoms with Crippen molar-refractivity contribution in [3.63, 3.8) is 0 Å². The Morgan fingerprint density at radius 2 is 1.88 bits per heavy atom. The van der Waals surface area contributed by atoms with E-state index < -0.39 is 17.2 Å². The highest BCUT2D eigenvalue weighted by molar-refractivity contribution is 5.78. The molecule has 4 nitrogen and oxygen atoms in total. The number of nitrogens with zero attached hydrogens (tertiary/aromatic N) is 1. The Morgan fingerprint density at radius 3 is 2.44 bits per heavy atom.